The molecule has 0 aromatic heterocycles. The van der Waals surface area contributed by atoms with Gasteiger partial charge < -0.3 is 10.2 Å². The van der Waals surface area contributed by atoms with E-state index in [-0.39, 0.29) is 12.3 Å². The second-order valence-corrected chi connectivity index (χ2v) is 6.04. The van der Waals surface area contributed by atoms with Crippen LogP contribution in [0.1, 0.15) is 24.8 Å². The van der Waals surface area contributed by atoms with Gasteiger partial charge >= 0.3 is 5.97 Å². The van der Waals surface area contributed by atoms with Crippen molar-refractivity contribution in [3.63, 3.8) is 0 Å². The zero-order chi connectivity index (χ0) is 15.4. The van der Waals surface area contributed by atoms with E-state index in [0.29, 0.717) is 0 Å². The average Bonchev–Trinajstić information content (AvgIpc) is 2.48. The minimum atomic E-state index is -1.31. The second-order valence-electron chi connectivity index (χ2n) is 5.12. The molecule has 0 heterocycles. The molecule has 0 aliphatic carbocycles. The molecule has 0 saturated heterocycles. The Labute approximate surface area is 132 Å². The van der Waals surface area contributed by atoms with E-state index >= 15 is 0 Å². The molecule has 0 saturated carbocycles. The number of carbonyl (C=O) groups is 1. The van der Waals surface area contributed by atoms with Gasteiger partial charge in [0.15, 0.2) is 6.10 Å². The van der Waals surface area contributed by atoms with Crippen molar-refractivity contribution < 1.29 is 15.0 Å². The summed E-state index contributed by atoms with van der Waals surface area (Å²) in [4.78, 5) is 10.7. The SMILES string of the molecule is CC(CC(O)C(=O)O)c1ccc(-c2ccc(Br)cc2)cc1. The van der Waals surface area contributed by atoms with Crippen LogP contribution in [0.3, 0.4) is 0 Å². The lowest BCUT2D eigenvalue weighted by atomic mass is 9.93. The van der Waals surface area contributed by atoms with E-state index in [1.807, 2.05) is 55.5 Å². The number of hydrogen-bond donors (Lipinski definition) is 2. The Morgan fingerprint density at radius 1 is 1.05 bits per heavy atom. The molecule has 0 radical (unpaired) electrons. The number of carboxylic acids is 1. The number of aliphatic carboxylic acids is 1. The van der Waals surface area contributed by atoms with Crippen LogP contribution in [0, 0.1) is 0 Å². The first-order chi connectivity index (χ1) is 9.97. The summed E-state index contributed by atoms with van der Waals surface area (Å²) >= 11 is 3.41. The van der Waals surface area contributed by atoms with Crippen molar-refractivity contribution in [2.75, 3.05) is 0 Å². The highest BCUT2D eigenvalue weighted by atomic mass is 79.9. The van der Waals surface area contributed by atoms with E-state index < -0.39 is 12.1 Å². The number of aliphatic hydroxyl groups excluding tert-OH is 1. The van der Waals surface area contributed by atoms with Gasteiger partial charge in [-0.2, -0.15) is 0 Å². The third-order valence-corrected chi connectivity index (χ3v) is 4.05. The van der Waals surface area contributed by atoms with Crippen LogP contribution in [0.25, 0.3) is 11.1 Å². The highest BCUT2D eigenvalue weighted by molar-refractivity contribution is 9.10. The molecule has 2 rings (SSSR count). The molecule has 0 aliphatic rings. The fraction of sp³-hybridized carbons (Fsp3) is 0.235. The van der Waals surface area contributed by atoms with Crippen molar-refractivity contribution in [2.24, 2.45) is 0 Å². The van der Waals surface area contributed by atoms with Crippen molar-refractivity contribution in [3.05, 3.63) is 58.6 Å². The molecule has 2 atom stereocenters. The minimum absolute atomic E-state index is 0.00457. The van der Waals surface area contributed by atoms with Gasteiger partial charge in [0, 0.05) is 4.47 Å². The number of aliphatic hydroxyl groups is 1. The van der Waals surface area contributed by atoms with E-state index in [2.05, 4.69) is 15.9 Å². The van der Waals surface area contributed by atoms with Crippen LogP contribution in [0.15, 0.2) is 53.0 Å². The van der Waals surface area contributed by atoms with Crippen molar-refractivity contribution >= 4 is 21.9 Å². The predicted octanol–water partition coefficient (Wildman–Crippen LogP) is 4.06. The quantitative estimate of drug-likeness (QED) is 0.856. The van der Waals surface area contributed by atoms with Gasteiger partial charge in [-0.15, -0.1) is 0 Å². The Kier molecular flexibility index (Phi) is 5.15. The van der Waals surface area contributed by atoms with Crippen LogP contribution in [0.5, 0.6) is 0 Å². The first-order valence-electron chi connectivity index (χ1n) is 6.74. The van der Waals surface area contributed by atoms with Crippen LogP contribution in [0.4, 0.5) is 0 Å². The normalized spacial score (nSPS) is 13.7. The fourth-order valence-electron chi connectivity index (χ4n) is 2.22. The third-order valence-electron chi connectivity index (χ3n) is 3.52. The zero-order valence-electron chi connectivity index (χ0n) is 11.7. The maximum atomic E-state index is 10.7. The van der Waals surface area contributed by atoms with Gasteiger partial charge in [-0.3, -0.25) is 0 Å². The molecule has 0 fully saturated rings. The molecule has 4 heteroatoms. The second kappa shape index (κ2) is 6.87. The van der Waals surface area contributed by atoms with Gasteiger partial charge in [0.2, 0.25) is 0 Å². The Morgan fingerprint density at radius 3 is 2.00 bits per heavy atom. The highest BCUT2D eigenvalue weighted by Crippen LogP contribution is 2.26. The molecular weight excluding hydrogens is 332 g/mol. The topological polar surface area (TPSA) is 57.5 Å². The summed E-state index contributed by atoms with van der Waals surface area (Å²) in [7, 11) is 0. The molecule has 2 N–H and O–H groups in total. The van der Waals surface area contributed by atoms with E-state index in [0.717, 1.165) is 21.2 Å². The molecule has 110 valence electrons. The summed E-state index contributed by atoms with van der Waals surface area (Å²) in [6.07, 6.45) is -1.10. The first-order valence-corrected chi connectivity index (χ1v) is 7.53. The van der Waals surface area contributed by atoms with Crippen LogP contribution < -0.4 is 0 Å². The molecule has 2 unspecified atom stereocenters. The third kappa shape index (κ3) is 4.16. The lowest BCUT2D eigenvalue weighted by molar-refractivity contribution is -0.147. The highest BCUT2D eigenvalue weighted by Gasteiger charge is 2.18. The van der Waals surface area contributed by atoms with Crippen molar-refractivity contribution in [1.82, 2.24) is 0 Å². The molecule has 3 nitrogen and oxygen atoms in total. The summed E-state index contributed by atoms with van der Waals surface area (Å²) in [5.41, 5.74) is 3.26. The summed E-state index contributed by atoms with van der Waals surface area (Å²) in [5, 5.41) is 18.2. The van der Waals surface area contributed by atoms with Crippen molar-refractivity contribution in [3.8, 4) is 11.1 Å². The van der Waals surface area contributed by atoms with Crippen LogP contribution in [0.2, 0.25) is 0 Å². The minimum Gasteiger partial charge on any atom is -0.479 e. The first kappa shape index (κ1) is 15.7. The Balaban J connectivity index is 2.11. The number of halogens is 1. The predicted molar refractivity (Wildman–Crippen MR) is 86.3 cm³/mol. The van der Waals surface area contributed by atoms with Gasteiger partial charge in [-0.05, 0) is 41.2 Å². The molecule has 0 spiro atoms. The monoisotopic (exact) mass is 348 g/mol. The van der Waals surface area contributed by atoms with Crippen LogP contribution in [-0.4, -0.2) is 22.3 Å². The van der Waals surface area contributed by atoms with Crippen LogP contribution >= 0.6 is 15.9 Å². The molecule has 2 aromatic carbocycles. The summed E-state index contributed by atoms with van der Waals surface area (Å²) in [6.45, 7) is 1.92. The zero-order valence-corrected chi connectivity index (χ0v) is 13.2. The van der Waals surface area contributed by atoms with E-state index in [4.69, 9.17) is 5.11 Å². The van der Waals surface area contributed by atoms with E-state index in [1.165, 1.54) is 0 Å². The standard InChI is InChI=1S/C17H17BrO3/c1-11(10-16(19)17(20)21)12-2-4-13(5-3-12)14-6-8-15(18)9-7-14/h2-9,11,16,19H,10H2,1H3,(H,20,21). The number of carboxylic acid groups (broad SMARTS) is 1. The summed E-state index contributed by atoms with van der Waals surface area (Å²) in [5.74, 6) is -1.18. The lowest BCUT2D eigenvalue weighted by Crippen LogP contribution is -2.21. The number of hydrogen-bond acceptors (Lipinski definition) is 2. The summed E-state index contributed by atoms with van der Waals surface area (Å²) < 4.78 is 1.04. The molecule has 21 heavy (non-hydrogen) atoms. The van der Waals surface area contributed by atoms with Gasteiger partial charge in [-0.25, -0.2) is 4.79 Å². The van der Waals surface area contributed by atoms with Crippen molar-refractivity contribution in [2.45, 2.75) is 25.4 Å². The van der Waals surface area contributed by atoms with E-state index in [9.17, 15) is 9.90 Å². The van der Waals surface area contributed by atoms with Gasteiger partial charge in [0.1, 0.15) is 0 Å². The van der Waals surface area contributed by atoms with Crippen molar-refractivity contribution in [1.29, 1.82) is 0 Å². The smallest absolute Gasteiger partial charge is 0.332 e. The van der Waals surface area contributed by atoms with E-state index in [1.54, 1.807) is 0 Å². The number of rotatable bonds is 5. The van der Waals surface area contributed by atoms with Gasteiger partial charge in [0.25, 0.3) is 0 Å². The Morgan fingerprint density at radius 2 is 1.52 bits per heavy atom. The molecule has 0 bridgehead atoms. The maximum Gasteiger partial charge on any atom is 0.332 e. The number of benzene rings is 2. The maximum absolute atomic E-state index is 10.7. The van der Waals surface area contributed by atoms with Gasteiger partial charge in [0.05, 0.1) is 0 Å². The lowest BCUT2D eigenvalue weighted by Gasteiger charge is -2.14. The molecule has 0 amide bonds. The summed E-state index contributed by atoms with van der Waals surface area (Å²) in [6, 6.07) is 16.1. The molecular formula is C17H17BrO3. The molecule has 0 aliphatic heterocycles. The largest absolute Gasteiger partial charge is 0.479 e. The molecule has 2 aromatic rings. The Bertz CT molecular complexity index is 605. The Hall–Kier alpha value is -1.65. The average molecular weight is 349 g/mol. The van der Waals surface area contributed by atoms with Gasteiger partial charge in [-0.1, -0.05) is 59.3 Å². The fourth-order valence-corrected chi connectivity index (χ4v) is 2.48. The van der Waals surface area contributed by atoms with Crippen LogP contribution in [-0.2, 0) is 4.79 Å².